The monoisotopic (exact) mass is 486 g/mol. The van der Waals surface area contributed by atoms with Gasteiger partial charge in [0.05, 0.1) is 6.04 Å². The molecule has 1 fully saturated rings. The van der Waals surface area contributed by atoms with Crippen molar-refractivity contribution in [3.05, 3.63) is 83.9 Å². The van der Waals surface area contributed by atoms with E-state index in [4.69, 9.17) is 0 Å². The summed E-state index contributed by atoms with van der Waals surface area (Å²) < 4.78 is 0. The molecule has 1 heterocycles. The van der Waals surface area contributed by atoms with Crippen molar-refractivity contribution in [1.29, 1.82) is 0 Å². The number of piperidine rings is 1. The van der Waals surface area contributed by atoms with E-state index in [-0.39, 0.29) is 11.8 Å². The maximum Gasteiger partial charge on any atom is 0.259 e. The zero-order chi connectivity index (χ0) is 25.5. The normalized spacial score (nSPS) is 15.9. The number of hydrazine groups is 1. The number of hydrogen-bond acceptors (Lipinski definition) is 4. The number of likely N-dealkylation sites (N-methyl/N-ethyl adjacent to an activating group) is 3. The van der Waals surface area contributed by atoms with Gasteiger partial charge < -0.3 is 10.2 Å². The van der Waals surface area contributed by atoms with Crippen molar-refractivity contribution >= 4 is 22.6 Å². The van der Waals surface area contributed by atoms with E-state index in [0.717, 1.165) is 42.4 Å². The van der Waals surface area contributed by atoms with E-state index >= 15 is 0 Å². The molecule has 0 saturated carbocycles. The number of nitrogens with one attached hydrogen (secondary N) is 1. The number of nitrogens with zero attached hydrogens (tertiary/aromatic N) is 3. The van der Waals surface area contributed by atoms with Crippen LogP contribution in [0.2, 0.25) is 0 Å². The third-order valence-corrected chi connectivity index (χ3v) is 7.35. The Labute approximate surface area is 214 Å². The van der Waals surface area contributed by atoms with Crippen LogP contribution in [0.15, 0.2) is 72.8 Å². The highest BCUT2D eigenvalue weighted by Gasteiger charge is 2.34. The minimum absolute atomic E-state index is 0.0443. The van der Waals surface area contributed by atoms with E-state index in [2.05, 4.69) is 40.7 Å². The molecule has 36 heavy (non-hydrogen) atoms. The molecular formula is C30H38N4O2. The van der Waals surface area contributed by atoms with Crippen molar-refractivity contribution < 1.29 is 9.59 Å². The van der Waals surface area contributed by atoms with E-state index in [0.29, 0.717) is 12.8 Å². The number of fused-ring (bicyclic) bond motifs is 1. The summed E-state index contributed by atoms with van der Waals surface area (Å²) in [4.78, 5) is 29.2. The number of hydrogen-bond donors (Lipinski definition) is 1. The topological polar surface area (TPSA) is 55.9 Å². The molecule has 190 valence electrons. The highest BCUT2D eigenvalue weighted by atomic mass is 16.2. The van der Waals surface area contributed by atoms with Crippen LogP contribution in [0.5, 0.6) is 0 Å². The fraction of sp³-hybridized carbons (Fsp3) is 0.400. The number of benzene rings is 3. The molecule has 1 aliphatic rings. The number of carbonyl (C=O) groups is 2. The third-order valence-electron chi connectivity index (χ3n) is 7.35. The summed E-state index contributed by atoms with van der Waals surface area (Å²) >= 11 is 0. The SMILES string of the molecule is CN[C@H](Cc1ccc2ccccc2c1)C(=O)N(C)C(Cc1ccccc1)C(=O)N(C)N1CCCCC1. The number of rotatable bonds is 9. The molecule has 0 spiro atoms. The molecule has 1 saturated heterocycles. The highest BCUT2D eigenvalue weighted by molar-refractivity contribution is 5.90. The van der Waals surface area contributed by atoms with Gasteiger partial charge in [-0.25, -0.2) is 5.01 Å². The van der Waals surface area contributed by atoms with Crippen LogP contribution in [-0.4, -0.2) is 73.0 Å². The van der Waals surface area contributed by atoms with Crippen molar-refractivity contribution in [3.63, 3.8) is 0 Å². The van der Waals surface area contributed by atoms with Gasteiger partial charge in [0, 0.05) is 33.6 Å². The quantitative estimate of drug-likeness (QED) is 0.499. The molecule has 0 aromatic heterocycles. The second-order valence-electron chi connectivity index (χ2n) is 9.76. The average Bonchev–Trinajstić information content (AvgIpc) is 2.94. The Bertz CT molecular complexity index is 1160. The average molecular weight is 487 g/mol. The van der Waals surface area contributed by atoms with Crippen LogP contribution in [0.1, 0.15) is 30.4 Å². The first kappa shape index (κ1) is 25.9. The molecule has 6 heteroatoms. The second-order valence-corrected chi connectivity index (χ2v) is 9.76. The maximum absolute atomic E-state index is 13.8. The Balaban J connectivity index is 1.54. The fourth-order valence-corrected chi connectivity index (χ4v) is 5.07. The summed E-state index contributed by atoms with van der Waals surface area (Å²) in [7, 11) is 5.42. The highest BCUT2D eigenvalue weighted by Crippen LogP contribution is 2.19. The van der Waals surface area contributed by atoms with Gasteiger partial charge in [0.25, 0.3) is 5.91 Å². The van der Waals surface area contributed by atoms with Crippen molar-refractivity contribution in [2.75, 3.05) is 34.2 Å². The standard InChI is InChI=1S/C30H38N4O2/c1-31-27(21-24-16-17-25-14-8-9-15-26(25)20-24)29(35)32(2)28(22-23-12-6-4-7-13-23)30(36)33(3)34-18-10-5-11-19-34/h4,6-9,12-17,20,27-28,31H,5,10-11,18-19,21-22H2,1-3H3/t27-,28?/m1/s1. The van der Waals surface area contributed by atoms with E-state index in [1.807, 2.05) is 56.6 Å². The summed E-state index contributed by atoms with van der Waals surface area (Å²) in [5.74, 6) is -0.121. The first-order valence-electron chi connectivity index (χ1n) is 13.0. The second kappa shape index (κ2) is 12.2. The fourth-order valence-electron chi connectivity index (χ4n) is 5.07. The van der Waals surface area contributed by atoms with Gasteiger partial charge in [-0.3, -0.25) is 14.6 Å². The Hall–Kier alpha value is -3.22. The number of amides is 2. The molecule has 6 nitrogen and oxygen atoms in total. The van der Waals surface area contributed by atoms with Crippen molar-refractivity contribution in [2.24, 2.45) is 0 Å². The molecule has 1 unspecified atom stereocenters. The smallest absolute Gasteiger partial charge is 0.259 e. The lowest BCUT2D eigenvalue weighted by molar-refractivity contribution is -0.157. The van der Waals surface area contributed by atoms with Crippen molar-refractivity contribution in [1.82, 2.24) is 20.2 Å². The first-order chi connectivity index (χ1) is 17.5. The van der Waals surface area contributed by atoms with Crippen molar-refractivity contribution in [2.45, 2.75) is 44.2 Å². The lowest BCUT2D eigenvalue weighted by Gasteiger charge is -2.39. The van der Waals surface area contributed by atoms with Gasteiger partial charge in [-0.1, -0.05) is 79.2 Å². The summed E-state index contributed by atoms with van der Waals surface area (Å²) in [6.07, 6.45) is 4.40. The van der Waals surface area contributed by atoms with Gasteiger partial charge in [-0.05, 0) is 48.2 Å². The van der Waals surface area contributed by atoms with Gasteiger partial charge in [0.15, 0.2) is 0 Å². The lowest BCUT2D eigenvalue weighted by atomic mass is 9.99. The molecule has 4 rings (SSSR count). The third kappa shape index (κ3) is 6.12. The predicted molar refractivity (Wildman–Crippen MR) is 145 cm³/mol. The van der Waals surface area contributed by atoms with Crippen LogP contribution in [0, 0.1) is 0 Å². The summed E-state index contributed by atoms with van der Waals surface area (Å²) in [6, 6.07) is 23.5. The largest absolute Gasteiger partial charge is 0.332 e. The molecule has 0 bridgehead atoms. The van der Waals surface area contributed by atoms with E-state index in [1.54, 1.807) is 17.0 Å². The molecule has 1 aliphatic heterocycles. The van der Waals surface area contributed by atoms with Crippen molar-refractivity contribution in [3.8, 4) is 0 Å². The zero-order valence-corrected chi connectivity index (χ0v) is 21.7. The summed E-state index contributed by atoms with van der Waals surface area (Å²) in [5, 5.41) is 9.40. The first-order valence-corrected chi connectivity index (χ1v) is 13.0. The maximum atomic E-state index is 13.8. The molecule has 3 aromatic carbocycles. The van der Waals surface area contributed by atoms with Gasteiger partial charge in [-0.2, -0.15) is 0 Å². The number of carbonyl (C=O) groups excluding carboxylic acids is 2. The molecule has 3 aromatic rings. The van der Waals surface area contributed by atoms with Gasteiger partial charge in [-0.15, -0.1) is 0 Å². The predicted octanol–water partition coefficient (Wildman–Crippen LogP) is 3.90. The van der Waals surface area contributed by atoms with Crippen LogP contribution in [0.25, 0.3) is 10.8 Å². The van der Waals surface area contributed by atoms with Crippen LogP contribution < -0.4 is 5.32 Å². The Morgan fingerprint density at radius 3 is 2.17 bits per heavy atom. The van der Waals surface area contributed by atoms with Crippen LogP contribution >= 0.6 is 0 Å². The Kier molecular flexibility index (Phi) is 8.73. The summed E-state index contributed by atoms with van der Waals surface area (Å²) in [5.41, 5.74) is 2.13. The molecule has 1 N–H and O–H groups in total. The Morgan fingerprint density at radius 1 is 0.806 bits per heavy atom. The molecule has 2 atom stereocenters. The zero-order valence-electron chi connectivity index (χ0n) is 21.7. The molecule has 2 amide bonds. The van der Waals surface area contributed by atoms with Crippen LogP contribution in [0.4, 0.5) is 0 Å². The van der Waals surface area contributed by atoms with Crippen LogP contribution in [-0.2, 0) is 22.4 Å². The van der Waals surface area contributed by atoms with E-state index in [9.17, 15) is 9.59 Å². The van der Waals surface area contributed by atoms with Gasteiger partial charge >= 0.3 is 0 Å². The van der Waals surface area contributed by atoms with E-state index in [1.165, 1.54) is 11.8 Å². The van der Waals surface area contributed by atoms with E-state index < -0.39 is 12.1 Å². The van der Waals surface area contributed by atoms with Gasteiger partial charge in [0.2, 0.25) is 5.91 Å². The molecular weight excluding hydrogens is 448 g/mol. The van der Waals surface area contributed by atoms with Crippen LogP contribution in [0.3, 0.4) is 0 Å². The minimum atomic E-state index is -0.584. The van der Waals surface area contributed by atoms with Gasteiger partial charge in [0.1, 0.15) is 6.04 Å². The summed E-state index contributed by atoms with van der Waals surface area (Å²) in [6.45, 7) is 1.75. The minimum Gasteiger partial charge on any atom is -0.332 e. The Morgan fingerprint density at radius 2 is 1.47 bits per heavy atom. The lowest BCUT2D eigenvalue weighted by Crippen LogP contribution is -2.57. The molecule has 0 radical (unpaired) electrons. The molecule has 0 aliphatic carbocycles.